The molecule has 0 unspecified atom stereocenters. The van der Waals surface area contributed by atoms with Crippen molar-refractivity contribution in [2.45, 2.75) is 90.4 Å². The maximum Gasteiger partial charge on any atom is 0.132 e. The molecule has 0 aromatic carbocycles. The third kappa shape index (κ3) is 13.4. The van der Waals surface area contributed by atoms with Crippen molar-refractivity contribution < 1.29 is 9.59 Å². The predicted octanol–water partition coefficient (Wildman–Crippen LogP) is 4.85. The summed E-state index contributed by atoms with van der Waals surface area (Å²) in [4.78, 5) is 21.7. The van der Waals surface area contributed by atoms with Gasteiger partial charge >= 0.3 is 0 Å². The SMILES string of the molecule is CCCCCCCC(=O)CCCCCCCC=O. The Morgan fingerprint density at radius 3 is 1.83 bits per heavy atom. The fourth-order valence-electron chi connectivity index (χ4n) is 2.13. The molecular formula is C16H30O2. The van der Waals surface area contributed by atoms with Gasteiger partial charge in [-0.05, 0) is 19.3 Å². The maximum absolute atomic E-state index is 11.6. The summed E-state index contributed by atoms with van der Waals surface area (Å²) in [7, 11) is 0. The quantitative estimate of drug-likeness (QED) is 0.328. The normalized spacial score (nSPS) is 10.5. The number of hydrogen-bond acceptors (Lipinski definition) is 2. The van der Waals surface area contributed by atoms with E-state index in [0.29, 0.717) is 12.2 Å². The summed E-state index contributed by atoms with van der Waals surface area (Å²) in [5.74, 6) is 0.444. The van der Waals surface area contributed by atoms with Crippen LogP contribution in [0.1, 0.15) is 90.4 Å². The van der Waals surface area contributed by atoms with Crippen molar-refractivity contribution in [3.63, 3.8) is 0 Å². The molecule has 0 N–H and O–H groups in total. The third-order valence-corrected chi connectivity index (χ3v) is 3.34. The fourth-order valence-corrected chi connectivity index (χ4v) is 2.13. The van der Waals surface area contributed by atoms with Crippen molar-refractivity contribution >= 4 is 12.1 Å². The Morgan fingerprint density at radius 2 is 1.28 bits per heavy atom. The van der Waals surface area contributed by atoms with Gasteiger partial charge in [-0.2, -0.15) is 0 Å². The fraction of sp³-hybridized carbons (Fsp3) is 0.875. The van der Waals surface area contributed by atoms with Crippen LogP contribution in [-0.4, -0.2) is 12.1 Å². The first kappa shape index (κ1) is 17.3. The zero-order valence-electron chi connectivity index (χ0n) is 12.1. The molecule has 0 amide bonds. The van der Waals surface area contributed by atoms with Crippen molar-refractivity contribution in [3.8, 4) is 0 Å². The van der Waals surface area contributed by atoms with E-state index in [1.807, 2.05) is 0 Å². The highest BCUT2D eigenvalue weighted by Gasteiger charge is 2.01. The average molecular weight is 254 g/mol. The minimum atomic E-state index is 0.444. The zero-order valence-corrected chi connectivity index (χ0v) is 12.1. The highest BCUT2D eigenvalue weighted by Crippen LogP contribution is 2.10. The van der Waals surface area contributed by atoms with Gasteiger partial charge in [-0.3, -0.25) is 4.79 Å². The zero-order chi connectivity index (χ0) is 13.5. The Morgan fingerprint density at radius 1 is 0.778 bits per heavy atom. The van der Waals surface area contributed by atoms with Crippen LogP contribution in [0.3, 0.4) is 0 Å². The van der Waals surface area contributed by atoms with Crippen LogP contribution in [0.2, 0.25) is 0 Å². The second-order valence-corrected chi connectivity index (χ2v) is 5.18. The van der Waals surface area contributed by atoms with E-state index in [4.69, 9.17) is 0 Å². The molecule has 0 spiro atoms. The van der Waals surface area contributed by atoms with Gasteiger partial charge in [0, 0.05) is 19.3 Å². The van der Waals surface area contributed by atoms with Crippen LogP contribution >= 0.6 is 0 Å². The Bertz CT molecular complexity index is 199. The Kier molecular flexibility index (Phi) is 13.9. The topological polar surface area (TPSA) is 34.1 Å². The van der Waals surface area contributed by atoms with Gasteiger partial charge in [-0.15, -0.1) is 0 Å². The van der Waals surface area contributed by atoms with Gasteiger partial charge in [0.1, 0.15) is 12.1 Å². The summed E-state index contributed by atoms with van der Waals surface area (Å²) >= 11 is 0. The van der Waals surface area contributed by atoms with Gasteiger partial charge in [0.05, 0.1) is 0 Å². The number of carbonyl (C=O) groups is 2. The predicted molar refractivity (Wildman–Crippen MR) is 76.8 cm³/mol. The summed E-state index contributed by atoms with van der Waals surface area (Å²) in [6.45, 7) is 2.21. The number of rotatable bonds is 14. The summed E-state index contributed by atoms with van der Waals surface area (Å²) < 4.78 is 0. The van der Waals surface area contributed by atoms with Crippen LogP contribution in [0.5, 0.6) is 0 Å². The smallest absolute Gasteiger partial charge is 0.132 e. The van der Waals surface area contributed by atoms with Crippen LogP contribution in [-0.2, 0) is 9.59 Å². The van der Waals surface area contributed by atoms with E-state index in [1.54, 1.807) is 0 Å². The first-order chi connectivity index (χ1) is 8.81. The molecule has 0 bridgehead atoms. The van der Waals surface area contributed by atoms with E-state index in [2.05, 4.69) is 6.92 Å². The monoisotopic (exact) mass is 254 g/mol. The summed E-state index contributed by atoms with van der Waals surface area (Å²) in [5.41, 5.74) is 0. The van der Waals surface area contributed by atoms with Crippen molar-refractivity contribution in [2.75, 3.05) is 0 Å². The minimum Gasteiger partial charge on any atom is -0.303 e. The molecule has 18 heavy (non-hydrogen) atoms. The maximum atomic E-state index is 11.6. The van der Waals surface area contributed by atoms with Crippen molar-refractivity contribution in [1.82, 2.24) is 0 Å². The van der Waals surface area contributed by atoms with E-state index in [-0.39, 0.29) is 0 Å². The van der Waals surface area contributed by atoms with Crippen LogP contribution in [0.4, 0.5) is 0 Å². The number of ketones is 1. The average Bonchev–Trinajstić information content (AvgIpc) is 2.37. The molecular weight excluding hydrogens is 224 g/mol. The third-order valence-electron chi connectivity index (χ3n) is 3.34. The van der Waals surface area contributed by atoms with Gasteiger partial charge in [0.2, 0.25) is 0 Å². The minimum absolute atomic E-state index is 0.444. The van der Waals surface area contributed by atoms with E-state index < -0.39 is 0 Å². The molecule has 2 heteroatoms. The van der Waals surface area contributed by atoms with E-state index >= 15 is 0 Å². The van der Waals surface area contributed by atoms with Crippen LogP contribution < -0.4 is 0 Å². The van der Waals surface area contributed by atoms with Gasteiger partial charge in [0.15, 0.2) is 0 Å². The largest absolute Gasteiger partial charge is 0.303 e. The number of aldehydes is 1. The first-order valence-corrected chi connectivity index (χ1v) is 7.76. The van der Waals surface area contributed by atoms with E-state index in [0.717, 1.165) is 57.7 Å². The first-order valence-electron chi connectivity index (χ1n) is 7.76. The van der Waals surface area contributed by atoms with Crippen molar-refractivity contribution in [2.24, 2.45) is 0 Å². The second-order valence-electron chi connectivity index (χ2n) is 5.18. The summed E-state index contributed by atoms with van der Waals surface area (Å²) in [6.07, 6.45) is 14.8. The number of hydrogen-bond donors (Lipinski definition) is 0. The van der Waals surface area contributed by atoms with Gasteiger partial charge in [0.25, 0.3) is 0 Å². The lowest BCUT2D eigenvalue weighted by atomic mass is 10.0. The Labute approximate surface area is 113 Å². The number of carbonyl (C=O) groups excluding carboxylic acids is 2. The Balaban J connectivity index is 3.14. The van der Waals surface area contributed by atoms with Gasteiger partial charge in [-0.1, -0.05) is 51.9 Å². The van der Waals surface area contributed by atoms with Crippen molar-refractivity contribution in [3.05, 3.63) is 0 Å². The van der Waals surface area contributed by atoms with Crippen LogP contribution in [0, 0.1) is 0 Å². The highest BCUT2D eigenvalue weighted by atomic mass is 16.1. The molecule has 0 aromatic rings. The number of Topliss-reactive ketones (excluding diaryl/α,β-unsaturated/α-hetero) is 1. The molecule has 0 saturated carbocycles. The lowest BCUT2D eigenvalue weighted by Crippen LogP contribution is -1.97. The number of unbranched alkanes of at least 4 members (excludes halogenated alkanes) is 9. The standard InChI is InChI=1S/C16H30O2/c1-2-3-4-7-10-13-16(18)14-11-8-5-6-9-12-15-17/h15H,2-14H2,1H3. The highest BCUT2D eigenvalue weighted by molar-refractivity contribution is 5.78. The van der Waals surface area contributed by atoms with Gasteiger partial charge in [-0.25, -0.2) is 0 Å². The van der Waals surface area contributed by atoms with E-state index in [1.165, 1.54) is 25.7 Å². The second kappa shape index (κ2) is 14.4. The molecule has 0 atom stereocenters. The molecule has 0 saturated heterocycles. The summed E-state index contributed by atoms with van der Waals surface area (Å²) in [5, 5.41) is 0. The molecule has 2 nitrogen and oxygen atoms in total. The molecule has 0 aliphatic rings. The molecule has 0 rings (SSSR count). The molecule has 106 valence electrons. The lowest BCUT2D eigenvalue weighted by Gasteiger charge is -2.02. The van der Waals surface area contributed by atoms with Crippen LogP contribution in [0.25, 0.3) is 0 Å². The summed E-state index contributed by atoms with van der Waals surface area (Å²) in [6, 6.07) is 0. The van der Waals surface area contributed by atoms with Crippen LogP contribution in [0.15, 0.2) is 0 Å². The molecule has 0 aliphatic heterocycles. The van der Waals surface area contributed by atoms with Crippen molar-refractivity contribution in [1.29, 1.82) is 0 Å². The molecule has 0 fully saturated rings. The molecule has 0 radical (unpaired) electrons. The van der Waals surface area contributed by atoms with E-state index in [9.17, 15) is 9.59 Å². The lowest BCUT2D eigenvalue weighted by molar-refractivity contribution is -0.119. The Hall–Kier alpha value is -0.660. The molecule has 0 aromatic heterocycles. The van der Waals surface area contributed by atoms with Gasteiger partial charge < -0.3 is 4.79 Å². The molecule has 0 heterocycles. The molecule has 0 aliphatic carbocycles.